The van der Waals surface area contributed by atoms with E-state index in [1.807, 2.05) is 36.4 Å². The van der Waals surface area contributed by atoms with Gasteiger partial charge in [-0.25, -0.2) is 4.98 Å². The van der Waals surface area contributed by atoms with Crippen molar-refractivity contribution >= 4 is 28.5 Å². The number of hydrogen-bond donors (Lipinski definition) is 0. The van der Waals surface area contributed by atoms with Crippen LogP contribution in [-0.4, -0.2) is 32.3 Å². The molecule has 0 N–H and O–H groups in total. The molecule has 6 heteroatoms. The monoisotopic (exact) mass is 404 g/mol. The quantitative estimate of drug-likeness (QED) is 0.647. The second kappa shape index (κ2) is 8.06. The van der Waals surface area contributed by atoms with Crippen LogP contribution in [0.15, 0.2) is 36.4 Å². The van der Waals surface area contributed by atoms with E-state index in [1.54, 1.807) is 27.4 Å². The third kappa shape index (κ3) is 3.24. The predicted octanol–water partition coefficient (Wildman–Crippen LogP) is 3.50. The van der Waals surface area contributed by atoms with Gasteiger partial charge in [0, 0.05) is 16.5 Å². The molecule has 0 atom stereocenters. The van der Waals surface area contributed by atoms with E-state index in [0.717, 1.165) is 29.5 Å². The Labute approximate surface area is 174 Å². The SMILES string of the molecule is COc1ccc(/C=C2\CCCc3c2nc2ccccc2c3C(=O)[O-])c(OC)c1OC. The molecule has 0 amide bonds. The number of carbonyl (C=O) groups excluding carboxylic acids is 1. The van der Waals surface area contributed by atoms with Crippen molar-refractivity contribution in [3.63, 3.8) is 0 Å². The number of fused-ring (bicyclic) bond motifs is 2. The fourth-order valence-electron chi connectivity index (χ4n) is 4.13. The summed E-state index contributed by atoms with van der Waals surface area (Å²) in [6.45, 7) is 0. The Morgan fingerprint density at radius 2 is 1.77 bits per heavy atom. The topological polar surface area (TPSA) is 80.7 Å². The number of methoxy groups -OCH3 is 3. The third-order valence-corrected chi connectivity index (χ3v) is 5.44. The average Bonchev–Trinajstić information content (AvgIpc) is 2.77. The molecule has 0 aliphatic heterocycles. The van der Waals surface area contributed by atoms with Crippen molar-refractivity contribution in [1.82, 2.24) is 4.98 Å². The van der Waals surface area contributed by atoms with E-state index >= 15 is 0 Å². The largest absolute Gasteiger partial charge is 0.545 e. The molecule has 0 fully saturated rings. The van der Waals surface area contributed by atoms with Gasteiger partial charge in [-0.3, -0.25) is 0 Å². The van der Waals surface area contributed by atoms with Crippen LogP contribution in [0, 0.1) is 0 Å². The highest BCUT2D eigenvalue weighted by Crippen LogP contribution is 2.42. The summed E-state index contributed by atoms with van der Waals surface area (Å²) < 4.78 is 16.4. The highest BCUT2D eigenvalue weighted by Gasteiger charge is 2.23. The smallest absolute Gasteiger partial charge is 0.203 e. The van der Waals surface area contributed by atoms with Crippen LogP contribution in [0.2, 0.25) is 0 Å². The molecule has 0 radical (unpaired) electrons. The molecule has 2 aromatic carbocycles. The Kier molecular flexibility index (Phi) is 5.31. The summed E-state index contributed by atoms with van der Waals surface area (Å²) in [6, 6.07) is 11.0. The van der Waals surface area contributed by atoms with E-state index in [9.17, 15) is 9.90 Å². The first-order valence-corrected chi connectivity index (χ1v) is 9.72. The molecule has 30 heavy (non-hydrogen) atoms. The Balaban J connectivity index is 1.95. The zero-order valence-electron chi connectivity index (χ0n) is 17.2. The molecule has 4 rings (SSSR count). The lowest BCUT2D eigenvalue weighted by Gasteiger charge is -2.24. The Bertz CT molecular complexity index is 1170. The highest BCUT2D eigenvalue weighted by molar-refractivity contribution is 6.05. The first-order valence-electron chi connectivity index (χ1n) is 9.72. The van der Waals surface area contributed by atoms with Crippen molar-refractivity contribution in [2.75, 3.05) is 21.3 Å². The lowest BCUT2D eigenvalue weighted by atomic mass is 9.86. The number of ether oxygens (including phenoxy) is 3. The molecule has 0 saturated heterocycles. The standard InChI is InChI=1S/C24H23NO5/c1-28-19-12-11-15(22(29-2)23(19)30-3)13-14-7-6-9-17-20(24(26)27)16-8-4-5-10-18(16)25-21(14)17/h4-5,8,10-13H,6-7,9H2,1-3H3,(H,26,27)/p-1/b14-13+. The highest BCUT2D eigenvalue weighted by atomic mass is 16.5. The first kappa shape index (κ1) is 19.8. The average molecular weight is 404 g/mol. The van der Waals surface area contributed by atoms with Crippen LogP contribution in [0.1, 0.15) is 40.0 Å². The lowest BCUT2D eigenvalue weighted by Crippen LogP contribution is -2.26. The number of carboxylic acid groups (broad SMARTS) is 1. The van der Waals surface area contributed by atoms with Crippen LogP contribution in [0.3, 0.4) is 0 Å². The van der Waals surface area contributed by atoms with E-state index in [1.165, 1.54) is 0 Å². The van der Waals surface area contributed by atoms with Crippen molar-refractivity contribution in [2.24, 2.45) is 0 Å². The van der Waals surface area contributed by atoms with Crippen LogP contribution in [-0.2, 0) is 6.42 Å². The van der Waals surface area contributed by atoms with Gasteiger partial charge in [0.2, 0.25) is 5.75 Å². The van der Waals surface area contributed by atoms with Crippen LogP contribution < -0.4 is 19.3 Å². The second-order valence-corrected chi connectivity index (χ2v) is 7.07. The van der Waals surface area contributed by atoms with Gasteiger partial charge in [-0.15, -0.1) is 0 Å². The molecule has 1 heterocycles. The number of hydrogen-bond acceptors (Lipinski definition) is 6. The Morgan fingerprint density at radius 1 is 1.00 bits per heavy atom. The fourth-order valence-corrected chi connectivity index (χ4v) is 4.13. The number of pyridine rings is 1. The summed E-state index contributed by atoms with van der Waals surface area (Å²) in [5.41, 5.74) is 4.07. The van der Waals surface area contributed by atoms with Gasteiger partial charge < -0.3 is 24.1 Å². The van der Waals surface area contributed by atoms with Gasteiger partial charge in [0.05, 0.1) is 38.5 Å². The van der Waals surface area contributed by atoms with Gasteiger partial charge in [-0.05, 0) is 54.7 Å². The van der Waals surface area contributed by atoms with E-state index in [4.69, 9.17) is 19.2 Å². The number of carbonyl (C=O) groups is 1. The zero-order valence-corrected chi connectivity index (χ0v) is 17.2. The summed E-state index contributed by atoms with van der Waals surface area (Å²) in [4.78, 5) is 16.8. The summed E-state index contributed by atoms with van der Waals surface area (Å²) in [6.07, 6.45) is 4.24. The molecule has 3 aromatic rings. The normalized spacial score (nSPS) is 14.4. The molecule has 154 valence electrons. The van der Waals surface area contributed by atoms with Crippen molar-refractivity contribution < 1.29 is 24.1 Å². The summed E-state index contributed by atoms with van der Waals surface area (Å²) in [7, 11) is 4.71. The molecule has 1 aromatic heterocycles. The van der Waals surface area contributed by atoms with E-state index < -0.39 is 5.97 Å². The van der Waals surface area contributed by atoms with E-state index in [0.29, 0.717) is 40.3 Å². The second-order valence-electron chi connectivity index (χ2n) is 7.07. The minimum absolute atomic E-state index is 0.237. The number of nitrogens with zero attached hydrogens (tertiary/aromatic N) is 1. The lowest BCUT2D eigenvalue weighted by molar-refractivity contribution is -0.254. The predicted molar refractivity (Wildman–Crippen MR) is 113 cm³/mol. The third-order valence-electron chi connectivity index (χ3n) is 5.44. The van der Waals surface area contributed by atoms with Gasteiger partial charge in [0.15, 0.2) is 11.5 Å². The molecular weight excluding hydrogens is 382 g/mol. The number of benzene rings is 2. The number of rotatable bonds is 5. The number of allylic oxidation sites excluding steroid dienone is 1. The number of aromatic nitrogens is 1. The minimum Gasteiger partial charge on any atom is -0.545 e. The fraction of sp³-hybridized carbons (Fsp3) is 0.250. The van der Waals surface area contributed by atoms with E-state index in [2.05, 4.69) is 0 Å². The maximum Gasteiger partial charge on any atom is 0.203 e. The molecule has 0 bridgehead atoms. The van der Waals surface area contributed by atoms with Crippen molar-refractivity contribution in [1.29, 1.82) is 0 Å². The maximum absolute atomic E-state index is 12.0. The molecule has 0 saturated carbocycles. The Hall–Kier alpha value is -3.54. The first-order chi connectivity index (χ1) is 14.6. The zero-order chi connectivity index (χ0) is 21.3. The number of carboxylic acids is 1. The van der Waals surface area contributed by atoms with E-state index in [-0.39, 0.29) is 5.56 Å². The molecule has 0 unspecified atom stereocenters. The summed E-state index contributed by atoms with van der Waals surface area (Å²) in [5, 5.41) is 12.6. The van der Waals surface area contributed by atoms with Gasteiger partial charge in [-0.2, -0.15) is 0 Å². The van der Waals surface area contributed by atoms with Gasteiger partial charge in [0.1, 0.15) is 0 Å². The van der Waals surface area contributed by atoms with Crippen LogP contribution in [0.5, 0.6) is 17.2 Å². The van der Waals surface area contributed by atoms with Gasteiger partial charge in [-0.1, -0.05) is 18.2 Å². The molecular formula is C24H22NO5-. The van der Waals surface area contributed by atoms with Crippen LogP contribution in [0.25, 0.3) is 22.6 Å². The molecule has 0 spiro atoms. The Morgan fingerprint density at radius 3 is 2.47 bits per heavy atom. The van der Waals surface area contributed by atoms with Gasteiger partial charge in [0.25, 0.3) is 0 Å². The summed E-state index contributed by atoms with van der Waals surface area (Å²) in [5.74, 6) is 0.461. The van der Waals surface area contributed by atoms with Crippen LogP contribution >= 0.6 is 0 Å². The minimum atomic E-state index is -1.17. The van der Waals surface area contributed by atoms with Crippen LogP contribution in [0.4, 0.5) is 0 Å². The molecule has 1 aliphatic rings. The van der Waals surface area contributed by atoms with Crippen molar-refractivity contribution in [3.05, 3.63) is 58.8 Å². The molecule has 6 nitrogen and oxygen atoms in total. The number of para-hydroxylation sites is 1. The summed E-state index contributed by atoms with van der Waals surface area (Å²) >= 11 is 0. The van der Waals surface area contributed by atoms with Gasteiger partial charge >= 0.3 is 0 Å². The van der Waals surface area contributed by atoms with Crippen molar-refractivity contribution in [3.8, 4) is 17.2 Å². The molecule has 1 aliphatic carbocycles. The van der Waals surface area contributed by atoms with Crippen molar-refractivity contribution in [2.45, 2.75) is 19.3 Å². The maximum atomic E-state index is 12.0. The number of aromatic carboxylic acids is 1.